The summed E-state index contributed by atoms with van der Waals surface area (Å²) in [5, 5.41) is 6.94. The van der Waals surface area contributed by atoms with Gasteiger partial charge in [-0.15, -0.1) is 0 Å². The summed E-state index contributed by atoms with van der Waals surface area (Å²) in [6.07, 6.45) is 5.57. The number of methoxy groups -OCH3 is 2. The molecule has 0 spiro atoms. The first kappa shape index (κ1) is 22.4. The van der Waals surface area contributed by atoms with Gasteiger partial charge in [0, 0.05) is 18.0 Å². The highest BCUT2D eigenvalue weighted by Gasteiger charge is 2.11. The molecule has 0 fully saturated rings. The Labute approximate surface area is 181 Å². The van der Waals surface area contributed by atoms with Crippen molar-refractivity contribution in [3.63, 3.8) is 0 Å². The van der Waals surface area contributed by atoms with Crippen LogP contribution in [0.5, 0.6) is 11.5 Å². The highest BCUT2D eigenvalue weighted by atomic mass is 16.5. The van der Waals surface area contributed by atoms with Gasteiger partial charge in [0.1, 0.15) is 11.6 Å². The third-order valence-corrected chi connectivity index (χ3v) is 4.87. The van der Waals surface area contributed by atoms with E-state index in [0.29, 0.717) is 42.0 Å². The zero-order valence-corrected chi connectivity index (χ0v) is 17.9. The number of fused-ring (bicyclic) bond motifs is 1. The lowest BCUT2D eigenvalue weighted by Gasteiger charge is -2.11. The third-order valence-electron chi connectivity index (χ3n) is 4.87. The van der Waals surface area contributed by atoms with Crippen molar-refractivity contribution in [2.45, 2.75) is 32.2 Å². The van der Waals surface area contributed by atoms with Gasteiger partial charge in [0.2, 0.25) is 0 Å². The lowest BCUT2D eigenvalue weighted by Crippen LogP contribution is -2.23. The summed E-state index contributed by atoms with van der Waals surface area (Å²) in [4.78, 5) is 20.7. The number of nitrogens with one attached hydrogen (secondary N) is 2. The molecule has 9 nitrogen and oxygen atoms in total. The lowest BCUT2D eigenvalue weighted by atomic mass is 10.2. The summed E-state index contributed by atoms with van der Waals surface area (Å²) in [5.74, 6) is 2.43. The molecule has 0 radical (unpaired) electrons. The van der Waals surface area contributed by atoms with Crippen LogP contribution in [0.25, 0.3) is 10.9 Å². The molecule has 2 aromatic heterocycles. The molecule has 2 heterocycles. The van der Waals surface area contributed by atoms with Gasteiger partial charge in [0.15, 0.2) is 17.3 Å². The molecule has 0 atom stereocenters. The summed E-state index contributed by atoms with van der Waals surface area (Å²) < 4.78 is 15.7. The number of rotatable bonds is 12. The van der Waals surface area contributed by atoms with E-state index >= 15 is 0 Å². The molecular formula is C22H29N5O4. The number of hydrogen-bond donors (Lipinski definition) is 3. The van der Waals surface area contributed by atoms with E-state index in [4.69, 9.17) is 19.6 Å². The SMILES string of the molecule is COc1cc2nc(CNCCCCCCNC(=O)c3ccco3)nc(N)c2cc1OC. The van der Waals surface area contributed by atoms with Gasteiger partial charge in [0.05, 0.1) is 32.5 Å². The monoisotopic (exact) mass is 427 g/mol. The largest absolute Gasteiger partial charge is 0.493 e. The standard InChI is InChI=1S/C22H29N5O4/c1-29-18-12-15-16(13-19(18)30-2)26-20(27-21(15)23)14-24-9-5-3-4-6-10-25-22(28)17-8-7-11-31-17/h7-8,11-13,24H,3-6,9-10,14H2,1-2H3,(H,25,28)(H2,23,26,27). The average Bonchev–Trinajstić information content (AvgIpc) is 3.32. The smallest absolute Gasteiger partial charge is 0.286 e. The molecule has 0 saturated carbocycles. The second-order valence-electron chi connectivity index (χ2n) is 7.07. The molecule has 31 heavy (non-hydrogen) atoms. The average molecular weight is 428 g/mol. The molecule has 0 saturated heterocycles. The Hall–Kier alpha value is -3.33. The Bertz CT molecular complexity index is 991. The van der Waals surface area contributed by atoms with Crippen LogP contribution >= 0.6 is 0 Å². The van der Waals surface area contributed by atoms with E-state index in [1.807, 2.05) is 0 Å². The summed E-state index contributed by atoms with van der Waals surface area (Å²) in [5.41, 5.74) is 6.83. The predicted octanol–water partition coefficient (Wildman–Crippen LogP) is 2.90. The van der Waals surface area contributed by atoms with Crippen molar-refractivity contribution in [2.75, 3.05) is 33.0 Å². The molecule has 1 aromatic carbocycles. The quantitative estimate of drug-likeness (QED) is 0.377. The number of hydrogen-bond acceptors (Lipinski definition) is 8. The summed E-state index contributed by atoms with van der Waals surface area (Å²) in [6, 6.07) is 6.95. The molecule has 0 bridgehead atoms. The van der Waals surface area contributed by atoms with Crippen LogP contribution in [-0.2, 0) is 6.54 Å². The summed E-state index contributed by atoms with van der Waals surface area (Å²) in [7, 11) is 3.17. The number of unbranched alkanes of at least 4 members (excludes halogenated alkanes) is 3. The molecule has 0 unspecified atom stereocenters. The summed E-state index contributed by atoms with van der Waals surface area (Å²) in [6.45, 7) is 2.03. The number of aromatic nitrogens is 2. The van der Waals surface area contributed by atoms with Crippen molar-refractivity contribution >= 4 is 22.6 Å². The molecule has 0 aliphatic heterocycles. The predicted molar refractivity (Wildman–Crippen MR) is 118 cm³/mol. The number of carbonyl (C=O) groups excluding carboxylic acids is 1. The first-order valence-corrected chi connectivity index (χ1v) is 10.3. The zero-order chi connectivity index (χ0) is 22.1. The molecule has 3 aromatic rings. The molecule has 166 valence electrons. The maximum atomic E-state index is 11.7. The van der Waals surface area contributed by atoms with Gasteiger partial charge in [0.25, 0.3) is 5.91 Å². The van der Waals surface area contributed by atoms with Gasteiger partial charge in [-0.1, -0.05) is 12.8 Å². The van der Waals surface area contributed by atoms with Gasteiger partial charge in [-0.3, -0.25) is 4.79 Å². The van der Waals surface area contributed by atoms with Crippen molar-refractivity contribution in [2.24, 2.45) is 0 Å². The van der Waals surface area contributed by atoms with Crippen LogP contribution in [0.15, 0.2) is 34.9 Å². The molecule has 0 aliphatic carbocycles. The number of amides is 1. The minimum Gasteiger partial charge on any atom is -0.493 e. The van der Waals surface area contributed by atoms with E-state index in [1.165, 1.54) is 6.26 Å². The molecule has 0 aliphatic rings. The number of nitrogens with two attached hydrogens (primary N) is 1. The van der Waals surface area contributed by atoms with Gasteiger partial charge in [-0.25, -0.2) is 9.97 Å². The molecule has 3 rings (SSSR count). The molecule has 1 amide bonds. The number of anilines is 1. The Morgan fingerprint density at radius 3 is 2.52 bits per heavy atom. The summed E-state index contributed by atoms with van der Waals surface area (Å²) >= 11 is 0. The van der Waals surface area contributed by atoms with Crippen molar-refractivity contribution in [3.8, 4) is 11.5 Å². The van der Waals surface area contributed by atoms with Crippen LogP contribution in [0.2, 0.25) is 0 Å². The van der Waals surface area contributed by atoms with Crippen molar-refractivity contribution < 1.29 is 18.7 Å². The van der Waals surface area contributed by atoms with Gasteiger partial charge in [-0.2, -0.15) is 0 Å². The maximum Gasteiger partial charge on any atom is 0.286 e. The van der Waals surface area contributed by atoms with Crippen LogP contribution in [0.3, 0.4) is 0 Å². The highest BCUT2D eigenvalue weighted by molar-refractivity contribution is 5.91. The Morgan fingerprint density at radius 1 is 1.06 bits per heavy atom. The number of carbonyl (C=O) groups is 1. The second kappa shape index (κ2) is 11.2. The van der Waals surface area contributed by atoms with Crippen LogP contribution in [0, 0.1) is 0 Å². The van der Waals surface area contributed by atoms with Crippen LogP contribution in [-0.4, -0.2) is 43.2 Å². The first-order valence-electron chi connectivity index (χ1n) is 10.3. The third kappa shape index (κ3) is 6.08. The fourth-order valence-corrected chi connectivity index (χ4v) is 3.23. The van der Waals surface area contributed by atoms with E-state index in [2.05, 4.69) is 20.6 Å². The fraction of sp³-hybridized carbons (Fsp3) is 0.409. The van der Waals surface area contributed by atoms with Gasteiger partial charge >= 0.3 is 0 Å². The minimum absolute atomic E-state index is 0.169. The Balaban J connectivity index is 1.36. The van der Waals surface area contributed by atoms with Crippen LogP contribution in [0.1, 0.15) is 42.1 Å². The topological polar surface area (TPSA) is 125 Å². The maximum absolute atomic E-state index is 11.7. The van der Waals surface area contributed by atoms with Gasteiger partial charge < -0.3 is 30.3 Å². The first-order chi connectivity index (χ1) is 15.1. The molecule has 9 heteroatoms. The lowest BCUT2D eigenvalue weighted by molar-refractivity contribution is 0.0925. The van der Waals surface area contributed by atoms with E-state index in [-0.39, 0.29) is 5.91 Å². The fourth-order valence-electron chi connectivity index (χ4n) is 3.23. The van der Waals surface area contributed by atoms with Gasteiger partial charge in [-0.05, 0) is 37.6 Å². The van der Waals surface area contributed by atoms with E-state index < -0.39 is 0 Å². The zero-order valence-electron chi connectivity index (χ0n) is 17.9. The normalized spacial score (nSPS) is 10.9. The Morgan fingerprint density at radius 2 is 1.81 bits per heavy atom. The number of furan rings is 1. The number of benzene rings is 1. The highest BCUT2D eigenvalue weighted by Crippen LogP contribution is 2.33. The van der Waals surface area contributed by atoms with E-state index in [1.54, 1.807) is 38.5 Å². The van der Waals surface area contributed by atoms with Crippen LogP contribution in [0.4, 0.5) is 5.82 Å². The number of nitrogen functional groups attached to an aromatic ring is 1. The van der Waals surface area contributed by atoms with Crippen LogP contribution < -0.4 is 25.8 Å². The minimum atomic E-state index is -0.169. The second-order valence-corrected chi connectivity index (χ2v) is 7.07. The van der Waals surface area contributed by atoms with E-state index in [9.17, 15) is 4.79 Å². The number of ether oxygens (including phenoxy) is 2. The van der Waals surface area contributed by atoms with Crippen molar-refractivity contribution in [1.82, 2.24) is 20.6 Å². The van der Waals surface area contributed by atoms with E-state index in [0.717, 1.165) is 43.1 Å². The molecular weight excluding hydrogens is 398 g/mol. The number of nitrogens with zero attached hydrogens (tertiary/aromatic N) is 2. The molecule has 4 N–H and O–H groups in total. The van der Waals surface area contributed by atoms with Crippen molar-refractivity contribution in [3.05, 3.63) is 42.1 Å². The Kier molecular flexibility index (Phi) is 8.05. The van der Waals surface area contributed by atoms with Crippen molar-refractivity contribution in [1.29, 1.82) is 0 Å².